The number of hydrogen-bond donors (Lipinski definition) is 2. The molecule has 0 unspecified atom stereocenters. The van der Waals surface area contributed by atoms with Crippen LogP contribution in [0.1, 0.15) is 5.56 Å². The molecule has 0 radical (unpaired) electrons. The maximum Gasteiger partial charge on any atom is 0.138 e. The minimum atomic E-state index is -0.402. The lowest BCUT2D eigenvalue weighted by molar-refractivity contribution is 0.621. The van der Waals surface area contributed by atoms with E-state index in [-0.39, 0.29) is 5.84 Å². The van der Waals surface area contributed by atoms with Gasteiger partial charge in [-0.3, -0.25) is 5.41 Å². The third-order valence-electron chi connectivity index (χ3n) is 1.42. The molecule has 0 amide bonds. The van der Waals surface area contributed by atoms with Crippen LogP contribution in [0.2, 0.25) is 0 Å². The van der Waals surface area contributed by atoms with Crippen molar-refractivity contribution in [1.29, 1.82) is 5.41 Å². The van der Waals surface area contributed by atoms with Gasteiger partial charge in [0.2, 0.25) is 0 Å². The van der Waals surface area contributed by atoms with E-state index in [1.807, 2.05) is 0 Å². The Morgan fingerprint density at radius 2 is 2.31 bits per heavy atom. The number of aliphatic imine (C=N–C) groups is 1. The quantitative estimate of drug-likeness (QED) is 0.605. The Balaban J connectivity index is 3.10. The van der Waals surface area contributed by atoms with E-state index < -0.39 is 5.82 Å². The zero-order valence-electron chi connectivity index (χ0n) is 6.59. The molecule has 0 fully saturated rings. The molecule has 1 aromatic rings. The number of amidine groups is 1. The van der Waals surface area contributed by atoms with E-state index in [1.54, 1.807) is 6.07 Å². The smallest absolute Gasteiger partial charge is 0.138 e. The van der Waals surface area contributed by atoms with Crippen molar-refractivity contribution in [3.63, 3.8) is 0 Å². The van der Waals surface area contributed by atoms with E-state index in [9.17, 15) is 4.39 Å². The van der Waals surface area contributed by atoms with Gasteiger partial charge in [-0.15, -0.1) is 0 Å². The molecular formula is C8H7BrFN3. The fourth-order valence-corrected chi connectivity index (χ4v) is 1.05. The first-order chi connectivity index (χ1) is 6.15. The van der Waals surface area contributed by atoms with Crippen molar-refractivity contribution in [2.24, 2.45) is 10.7 Å². The molecule has 0 spiro atoms. The van der Waals surface area contributed by atoms with Crippen LogP contribution in [0.4, 0.5) is 4.39 Å². The van der Waals surface area contributed by atoms with Crippen LogP contribution >= 0.6 is 15.9 Å². The predicted octanol–water partition coefficient (Wildman–Crippen LogP) is 1.90. The Kier molecular flexibility index (Phi) is 3.13. The molecule has 3 nitrogen and oxygen atoms in total. The Morgan fingerprint density at radius 1 is 1.62 bits per heavy atom. The molecule has 0 aliphatic carbocycles. The van der Waals surface area contributed by atoms with Crippen LogP contribution in [0.15, 0.2) is 27.7 Å². The van der Waals surface area contributed by atoms with Gasteiger partial charge in [-0.05, 0) is 34.1 Å². The van der Waals surface area contributed by atoms with E-state index in [4.69, 9.17) is 11.1 Å². The van der Waals surface area contributed by atoms with Crippen molar-refractivity contribution in [3.05, 3.63) is 34.1 Å². The number of nitrogens with two attached hydrogens (primary N) is 1. The molecule has 13 heavy (non-hydrogen) atoms. The van der Waals surface area contributed by atoms with Crippen molar-refractivity contribution < 1.29 is 4.39 Å². The van der Waals surface area contributed by atoms with Gasteiger partial charge in [0.05, 0.1) is 4.47 Å². The van der Waals surface area contributed by atoms with E-state index in [2.05, 4.69) is 20.9 Å². The summed E-state index contributed by atoms with van der Waals surface area (Å²) in [5.41, 5.74) is 5.90. The molecule has 0 heterocycles. The van der Waals surface area contributed by atoms with E-state index in [0.717, 1.165) is 6.34 Å². The molecule has 0 aliphatic rings. The average Bonchev–Trinajstić information content (AvgIpc) is 2.10. The molecule has 3 N–H and O–H groups in total. The first-order valence-corrected chi connectivity index (χ1v) is 4.22. The third kappa shape index (κ3) is 2.35. The summed E-state index contributed by atoms with van der Waals surface area (Å²) in [6, 6.07) is 4.42. The maximum atomic E-state index is 13.0. The second kappa shape index (κ2) is 4.13. The lowest BCUT2D eigenvalue weighted by atomic mass is 10.2. The van der Waals surface area contributed by atoms with Crippen molar-refractivity contribution in [2.45, 2.75) is 0 Å². The lowest BCUT2D eigenvalue weighted by Crippen LogP contribution is -2.13. The Labute approximate surface area is 83.1 Å². The Morgan fingerprint density at radius 3 is 2.85 bits per heavy atom. The zero-order valence-corrected chi connectivity index (χ0v) is 8.18. The van der Waals surface area contributed by atoms with Crippen LogP contribution in [-0.2, 0) is 0 Å². The molecule has 0 saturated heterocycles. The molecule has 5 heteroatoms. The largest absolute Gasteiger partial charge is 0.383 e. The molecule has 0 bridgehead atoms. The van der Waals surface area contributed by atoms with Crippen LogP contribution in [-0.4, -0.2) is 12.2 Å². The number of halogens is 2. The summed E-state index contributed by atoms with van der Waals surface area (Å²) in [6.07, 6.45) is 0.815. The lowest BCUT2D eigenvalue weighted by Gasteiger charge is -2.00. The van der Waals surface area contributed by atoms with Gasteiger partial charge in [-0.2, -0.15) is 0 Å². The molecular weight excluding hydrogens is 237 g/mol. The summed E-state index contributed by atoms with van der Waals surface area (Å²) in [4.78, 5) is 3.52. The zero-order chi connectivity index (χ0) is 9.84. The molecule has 0 atom stereocenters. The number of hydrogen-bond acceptors (Lipinski definition) is 1. The Hall–Kier alpha value is -1.23. The maximum absolute atomic E-state index is 13.0. The van der Waals surface area contributed by atoms with Gasteiger partial charge in [0.1, 0.15) is 18.0 Å². The minimum Gasteiger partial charge on any atom is -0.383 e. The number of nitrogens with one attached hydrogen (secondary N) is 1. The second-order valence-electron chi connectivity index (χ2n) is 2.27. The van der Waals surface area contributed by atoms with Crippen LogP contribution < -0.4 is 5.73 Å². The Bertz CT molecular complexity index is 362. The van der Waals surface area contributed by atoms with Gasteiger partial charge in [0, 0.05) is 5.56 Å². The summed E-state index contributed by atoms with van der Waals surface area (Å²) >= 11 is 3.02. The number of benzene rings is 1. The monoisotopic (exact) mass is 243 g/mol. The van der Waals surface area contributed by atoms with E-state index >= 15 is 0 Å². The molecule has 1 aromatic carbocycles. The summed E-state index contributed by atoms with van der Waals surface area (Å²) < 4.78 is 13.3. The highest BCUT2D eigenvalue weighted by molar-refractivity contribution is 9.10. The van der Waals surface area contributed by atoms with Crippen molar-refractivity contribution in [2.75, 3.05) is 0 Å². The van der Waals surface area contributed by atoms with Crippen LogP contribution in [0.5, 0.6) is 0 Å². The third-order valence-corrected chi connectivity index (χ3v) is 2.06. The van der Waals surface area contributed by atoms with Crippen LogP contribution in [0.25, 0.3) is 0 Å². The van der Waals surface area contributed by atoms with Gasteiger partial charge in [-0.1, -0.05) is 0 Å². The van der Waals surface area contributed by atoms with Crippen molar-refractivity contribution in [1.82, 2.24) is 0 Å². The first-order valence-electron chi connectivity index (χ1n) is 3.43. The highest BCUT2D eigenvalue weighted by Crippen LogP contribution is 2.15. The normalized spacial score (nSPS) is 11.4. The standard InChI is InChI=1S/C8H7BrFN3/c9-6-2-1-5(3-7(6)10)8(12)13-4-11/h1-4H,(H3,11,12,13). The summed E-state index contributed by atoms with van der Waals surface area (Å²) in [5, 5.41) is 6.68. The topological polar surface area (TPSA) is 62.2 Å². The van der Waals surface area contributed by atoms with Gasteiger partial charge in [0.15, 0.2) is 0 Å². The van der Waals surface area contributed by atoms with Crippen molar-refractivity contribution >= 4 is 28.1 Å². The molecule has 68 valence electrons. The van der Waals surface area contributed by atoms with Gasteiger partial charge in [-0.25, -0.2) is 9.38 Å². The van der Waals surface area contributed by atoms with Crippen LogP contribution in [0, 0.1) is 11.2 Å². The van der Waals surface area contributed by atoms with E-state index in [0.29, 0.717) is 10.0 Å². The van der Waals surface area contributed by atoms with Gasteiger partial charge < -0.3 is 5.73 Å². The fraction of sp³-hybridized carbons (Fsp3) is 0. The highest BCUT2D eigenvalue weighted by atomic mass is 79.9. The fourth-order valence-electron chi connectivity index (χ4n) is 0.800. The first kappa shape index (κ1) is 9.85. The second-order valence-corrected chi connectivity index (χ2v) is 3.13. The number of nitrogens with zero attached hydrogens (tertiary/aromatic N) is 1. The summed E-state index contributed by atoms with van der Waals surface area (Å²) in [6.45, 7) is 0. The van der Waals surface area contributed by atoms with Gasteiger partial charge >= 0.3 is 0 Å². The number of rotatable bonds is 2. The van der Waals surface area contributed by atoms with Crippen molar-refractivity contribution in [3.8, 4) is 0 Å². The predicted molar refractivity (Wildman–Crippen MR) is 53.6 cm³/mol. The summed E-state index contributed by atoms with van der Waals surface area (Å²) in [5.74, 6) is -0.276. The average molecular weight is 244 g/mol. The minimum absolute atomic E-state index is 0.126. The van der Waals surface area contributed by atoms with Crippen LogP contribution in [0.3, 0.4) is 0 Å². The summed E-state index contributed by atoms with van der Waals surface area (Å²) in [7, 11) is 0. The SMILES string of the molecule is N=CN=C(N)c1ccc(Br)c(F)c1. The molecule has 0 aromatic heterocycles. The molecule has 1 rings (SSSR count). The van der Waals surface area contributed by atoms with E-state index in [1.165, 1.54) is 12.1 Å². The molecule has 0 aliphatic heterocycles. The highest BCUT2D eigenvalue weighted by Gasteiger charge is 2.02. The molecule has 0 saturated carbocycles. The van der Waals surface area contributed by atoms with Gasteiger partial charge in [0.25, 0.3) is 0 Å².